The molecule has 1 aliphatic rings. The van der Waals surface area contributed by atoms with Crippen molar-refractivity contribution in [2.24, 2.45) is 5.92 Å². The number of hydrogen-bond acceptors (Lipinski definition) is 3. The van der Waals surface area contributed by atoms with E-state index in [0.717, 1.165) is 32.5 Å². The lowest BCUT2D eigenvalue weighted by molar-refractivity contribution is 0.0949. The quantitative estimate of drug-likeness (QED) is 0.736. The zero-order valence-electron chi connectivity index (χ0n) is 16.9. The number of benzene rings is 2. The second kappa shape index (κ2) is 9.50. The van der Waals surface area contributed by atoms with E-state index in [-0.39, 0.29) is 12.0 Å². The molecule has 0 heterocycles. The van der Waals surface area contributed by atoms with Crippen LogP contribution in [0.25, 0.3) is 0 Å². The van der Waals surface area contributed by atoms with Crippen molar-refractivity contribution >= 4 is 0 Å². The molecule has 2 aromatic carbocycles. The highest BCUT2D eigenvalue weighted by Crippen LogP contribution is 2.39. The summed E-state index contributed by atoms with van der Waals surface area (Å²) >= 11 is 0. The predicted molar refractivity (Wildman–Crippen MR) is 113 cm³/mol. The van der Waals surface area contributed by atoms with Gasteiger partial charge in [0.15, 0.2) is 0 Å². The molecule has 1 unspecified atom stereocenters. The van der Waals surface area contributed by atoms with Gasteiger partial charge in [-0.15, -0.1) is 0 Å². The highest BCUT2D eigenvalue weighted by Gasteiger charge is 2.36. The van der Waals surface area contributed by atoms with Crippen molar-refractivity contribution in [3.05, 3.63) is 71.3 Å². The zero-order chi connectivity index (χ0) is 19.2. The van der Waals surface area contributed by atoms with Crippen molar-refractivity contribution in [3.8, 4) is 0 Å². The lowest BCUT2D eigenvalue weighted by atomic mass is 9.92. The molecular weight excluding hydrogens is 332 g/mol. The minimum Gasteiger partial charge on any atom is -0.392 e. The molecule has 1 aliphatic carbocycles. The average Bonchev–Trinajstić information content (AvgIpc) is 3.01. The van der Waals surface area contributed by atoms with Crippen LogP contribution in [0.1, 0.15) is 49.3 Å². The first-order valence-electron chi connectivity index (χ1n) is 10.3. The van der Waals surface area contributed by atoms with Crippen molar-refractivity contribution in [3.63, 3.8) is 0 Å². The lowest BCUT2D eigenvalue weighted by Crippen LogP contribution is -2.31. The van der Waals surface area contributed by atoms with Crippen LogP contribution in [0.2, 0.25) is 0 Å². The maximum Gasteiger partial charge on any atom is 0.0649 e. The Morgan fingerprint density at radius 3 is 2.52 bits per heavy atom. The second-order valence-electron chi connectivity index (χ2n) is 8.40. The van der Waals surface area contributed by atoms with Crippen LogP contribution in [0.15, 0.2) is 54.6 Å². The molecule has 2 aromatic rings. The van der Waals surface area contributed by atoms with Gasteiger partial charge in [-0.05, 0) is 42.5 Å². The maximum atomic E-state index is 11.0. The summed E-state index contributed by atoms with van der Waals surface area (Å²) in [7, 11) is 2.16. The molecule has 2 N–H and O–H groups in total. The molecule has 3 heteroatoms. The summed E-state index contributed by atoms with van der Waals surface area (Å²) in [6.07, 6.45) is 1.92. The van der Waals surface area contributed by atoms with Gasteiger partial charge in [0.05, 0.1) is 6.10 Å². The molecule has 0 aliphatic heterocycles. The topological polar surface area (TPSA) is 35.5 Å². The molecule has 27 heavy (non-hydrogen) atoms. The van der Waals surface area contributed by atoms with E-state index in [4.69, 9.17) is 0 Å². The van der Waals surface area contributed by atoms with E-state index in [1.54, 1.807) is 0 Å². The molecule has 0 radical (unpaired) electrons. The summed E-state index contributed by atoms with van der Waals surface area (Å²) in [5.74, 6) is 0.611. The number of hydrogen-bond donors (Lipinski definition) is 2. The van der Waals surface area contributed by atoms with Crippen LogP contribution in [0.5, 0.6) is 0 Å². The maximum absolute atomic E-state index is 11.0. The summed E-state index contributed by atoms with van der Waals surface area (Å²) in [5, 5.41) is 14.5. The van der Waals surface area contributed by atoms with Gasteiger partial charge in [-0.1, -0.05) is 68.4 Å². The Morgan fingerprint density at radius 1 is 1.04 bits per heavy atom. The molecule has 0 bridgehead atoms. The average molecular weight is 367 g/mol. The highest BCUT2D eigenvalue weighted by molar-refractivity contribution is 5.28. The number of aliphatic hydroxyl groups excluding tert-OH is 1. The smallest absolute Gasteiger partial charge is 0.0649 e. The van der Waals surface area contributed by atoms with E-state index in [9.17, 15) is 5.11 Å². The van der Waals surface area contributed by atoms with E-state index >= 15 is 0 Å². The van der Waals surface area contributed by atoms with E-state index in [2.05, 4.69) is 85.7 Å². The van der Waals surface area contributed by atoms with Gasteiger partial charge in [0.1, 0.15) is 0 Å². The second-order valence-corrected chi connectivity index (χ2v) is 8.40. The fourth-order valence-electron chi connectivity index (χ4n) is 4.24. The van der Waals surface area contributed by atoms with Crippen molar-refractivity contribution in [2.45, 2.75) is 57.8 Å². The van der Waals surface area contributed by atoms with Gasteiger partial charge in [-0.25, -0.2) is 0 Å². The summed E-state index contributed by atoms with van der Waals surface area (Å²) in [6, 6.07) is 19.8. The number of aliphatic hydroxyl groups is 1. The van der Waals surface area contributed by atoms with Crippen LogP contribution in [0.4, 0.5) is 0 Å². The molecule has 1 fully saturated rings. The van der Waals surface area contributed by atoms with E-state index in [0.29, 0.717) is 12.0 Å². The Morgan fingerprint density at radius 2 is 1.78 bits per heavy atom. The Labute approximate surface area is 164 Å². The lowest BCUT2D eigenvalue weighted by Gasteiger charge is -2.25. The van der Waals surface area contributed by atoms with Crippen molar-refractivity contribution in [2.75, 3.05) is 13.6 Å². The Hall–Kier alpha value is -1.68. The molecule has 1 saturated carbocycles. The summed E-state index contributed by atoms with van der Waals surface area (Å²) in [6.45, 7) is 7.10. The van der Waals surface area contributed by atoms with Gasteiger partial charge in [0.2, 0.25) is 0 Å². The minimum absolute atomic E-state index is 0.253. The third kappa shape index (κ3) is 5.65. The van der Waals surface area contributed by atoms with E-state index in [1.807, 2.05) is 0 Å². The monoisotopic (exact) mass is 366 g/mol. The van der Waals surface area contributed by atoms with Crippen molar-refractivity contribution in [1.82, 2.24) is 10.2 Å². The fourth-order valence-corrected chi connectivity index (χ4v) is 4.24. The van der Waals surface area contributed by atoms with Crippen LogP contribution in [0, 0.1) is 5.92 Å². The zero-order valence-corrected chi connectivity index (χ0v) is 16.9. The molecular formula is C24H34N2O. The molecule has 0 aromatic heterocycles. The first-order valence-corrected chi connectivity index (χ1v) is 10.3. The first-order chi connectivity index (χ1) is 13.0. The van der Waals surface area contributed by atoms with Crippen LogP contribution in [-0.2, 0) is 13.1 Å². The normalized spacial score (nSPS) is 22.7. The van der Waals surface area contributed by atoms with E-state index < -0.39 is 0 Å². The Bertz CT molecular complexity index is 701. The highest BCUT2D eigenvalue weighted by atomic mass is 16.3. The van der Waals surface area contributed by atoms with Gasteiger partial charge in [-0.3, -0.25) is 0 Å². The molecule has 3 atom stereocenters. The number of nitrogens with zero attached hydrogens (tertiary/aromatic N) is 1. The van der Waals surface area contributed by atoms with Gasteiger partial charge < -0.3 is 15.3 Å². The van der Waals surface area contributed by atoms with Gasteiger partial charge in [0.25, 0.3) is 0 Å². The molecule has 0 spiro atoms. The van der Waals surface area contributed by atoms with E-state index in [1.165, 1.54) is 16.7 Å². The number of rotatable bonds is 8. The number of nitrogens with one attached hydrogen (secondary N) is 1. The van der Waals surface area contributed by atoms with Gasteiger partial charge >= 0.3 is 0 Å². The third-order valence-electron chi connectivity index (χ3n) is 5.68. The van der Waals surface area contributed by atoms with Crippen molar-refractivity contribution in [1.29, 1.82) is 0 Å². The molecule has 0 amide bonds. The predicted octanol–water partition coefficient (Wildman–Crippen LogP) is 4.17. The first kappa shape index (κ1) is 20.1. The largest absolute Gasteiger partial charge is 0.392 e. The van der Waals surface area contributed by atoms with Crippen LogP contribution in [-0.4, -0.2) is 35.7 Å². The Kier molecular flexibility index (Phi) is 7.06. The van der Waals surface area contributed by atoms with Gasteiger partial charge in [-0.2, -0.15) is 0 Å². The standard InChI is InChI=1S/C24H34N2O/c1-18(2)25-15-20-10-7-11-21(14-20)23-13-12-22(24(23)27)17-26(3)16-19-8-5-4-6-9-19/h4-11,14,18,22-25,27H,12-13,15-17H2,1-3H3/t22-,23?,24+/m1/s1. The molecule has 146 valence electrons. The van der Waals surface area contributed by atoms with Crippen LogP contribution < -0.4 is 5.32 Å². The molecule has 3 rings (SSSR count). The summed E-state index contributed by atoms with van der Waals surface area (Å²) in [4.78, 5) is 2.34. The minimum atomic E-state index is -0.253. The third-order valence-corrected chi connectivity index (χ3v) is 5.68. The molecule has 3 nitrogen and oxygen atoms in total. The summed E-state index contributed by atoms with van der Waals surface area (Å²) < 4.78 is 0. The van der Waals surface area contributed by atoms with Crippen LogP contribution >= 0.6 is 0 Å². The Balaban J connectivity index is 1.58. The summed E-state index contributed by atoms with van der Waals surface area (Å²) in [5.41, 5.74) is 3.92. The van der Waals surface area contributed by atoms with Gasteiger partial charge in [0, 0.05) is 31.6 Å². The van der Waals surface area contributed by atoms with Crippen LogP contribution in [0.3, 0.4) is 0 Å². The van der Waals surface area contributed by atoms with Crippen molar-refractivity contribution < 1.29 is 5.11 Å². The molecule has 0 saturated heterocycles. The fraction of sp³-hybridized carbons (Fsp3) is 0.500. The SMILES string of the molecule is CC(C)NCc1cccc(C2CC[C@H](CN(C)Cc3ccccc3)[C@@H]2O)c1.